The summed E-state index contributed by atoms with van der Waals surface area (Å²) in [6, 6.07) is 3.59. The molecule has 1 rings (SSSR count). The van der Waals surface area contributed by atoms with Gasteiger partial charge in [-0.2, -0.15) is 13.1 Å². The highest BCUT2D eigenvalue weighted by molar-refractivity contribution is 7.90. The Labute approximate surface area is 110 Å². The van der Waals surface area contributed by atoms with Crippen LogP contribution in [0.25, 0.3) is 0 Å². The van der Waals surface area contributed by atoms with Crippen LogP contribution in [0.4, 0.5) is 11.4 Å². The highest BCUT2D eigenvalue weighted by Crippen LogP contribution is 2.29. The van der Waals surface area contributed by atoms with Gasteiger partial charge in [0, 0.05) is 25.2 Å². The van der Waals surface area contributed by atoms with Gasteiger partial charge in [-0.1, -0.05) is 0 Å². The average molecular weight is 290 g/mol. The minimum Gasteiger partial charge on any atom is -0.495 e. The SMILES string of the molecule is COc1ccc([N+](=O)[O-])cc1NS(=O)(=O)NCCN. The number of nitrogens with one attached hydrogen (secondary N) is 2. The van der Waals surface area contributed by atoms with E-state index >= 15 is 0 Å². The van der Waals surface area contributed by atoms with Crippen molar-refractivity contribution in [2.24, 2.45) is 5.73 Å². The smallest absolute Gasteiger partial charge is 0.299 e. The maximum Gasteiger partial charge on any atom is 0.299 e. The summed E-state index contributed by atoms with van der Waals surface area (Å²) in [5, 5.41) is 10.6. The lowest BCUT2D eigenvalue weighted by Gasteiger charge is -2.11. The van der Waals surface area contributed by atoms with Gasteiger partial charge >= 0.3 is 0 Å². The minimum absolute atomic E-state index is 0.0266. The monoisotopic (exact) mass is 290 g/mol. The van der Waals surface area contributed by atoms with Gasteiger partial charge in [0.05, 0.1) is 17.7 Å². The van der Waals surface area contributed by atoms with Crippen molar-refractivity contribution >= 4 is 21.6 Å². The van der Waals surface area contributed by atoms with Gasteiger partial charge in [-0.15, -0.1) is 0 Å². The molecule has 0 fully saturated rings. The van der Waals surface area contributed by atoms with Crippen molar-refractivity contribution in [2.75, 3.05) is 24.9 Å². The number of nitrogens with two attached hydrogens (primary N) is 1. The predicted molar refractivity (Wildman–Crippen MR) is 69.2 cm³/mol. The summed E-state index contributed by atoms with van der Waals surface area (Å²) in [5.41, 5.74) is 4.90. The largest absolute Gasteiger partial charge is 0.495 e. The molecule has 0 bridgehead atoms. The lowest BCUT2D eigenvalue weighted by molar-refractivity contribution is -0.384. The van der Waals surface area contributed by atoms with E-state index in [0.29, 0.717) is 0 Å². The van der Waals surface area contributed by atoms with Crippen LogP contribution in [0.5, 0.6) is 5.75 Å². The molecule has 0 atom stereocenters. The Morgan fingerprint density at radius 1 is 1.47 bits per heavy atom. The molecule has 4 N–H and O–H groups in total. The van der Waals surface area contributed by atoms with Crippen molar-refractivity contribution in [3.8, 4) is 5.75 Å². The van der Waals surface area contributed by atoms with Crippen LogP contribution in [-0.2, 0) is 10.2 Å². The Morgan fingerprint density at radius 2 is 2.16 bits per heavy atom. The molecule has 0 unspecified atom stereocenters. The number of nitro benzene ring substituents is 1. The van der Waals surface area contributed by atoms with Crippen LogP contribution in [0.15, 0.2) is 18.2 Å². The summed E-state index contributed by atoms with van der Waals surface area (Å²) in [6.07, 6.45) is 0. The zero-order valence-corrected chi connectivity index (χ0v) is 10.9. The number of benzene rings is 1. The van der Waals surface area contributed by atoms with Gasteiger partial charge in [-0.05, 0) is 6.07 Å². The van der Waals surface area contributed by atoms with Gasteiger partial charge in [0.15, 0.2) is 0 Å². The second-order valence-corrected chi connectivity index (χ2v) is 4.93. The number of rotatable bonds is 7. The number of hydrogen-bond donors (Lipinski definition) is 3. The standard InChI is InChI=1S/C9H14N4O5S/c1-18-9-3-2-7(13(14)15)6-8(9)12-19(16,17)11-5-4-10/h2-3,6,11-12H,4-5,10H2,1H3. The van der Waals surface area contributed by atoms with Gasteiger partial charge in [0.25, 0.3) is 15.9 Å². The van der Waals surface area contributed by atoms with E-state index in [4.69, 9.17) is 10.5 Å². The van der Waals surface area contributed by atoms with Crippen molar-refractivity contribution in [2.45, 2.75) is 0 Å². The molecule has 0 amide bonds. The first-order chi connectivity index (χ1) is 8.89. The highest BCUT2D eigenvalue weighted by Gasteiger charge is 2.16. The fourth-order valence-electron chi connectivity index (χ4n) is 1.26. The van der Waals surface area contributed by atoms with Gasteiger partial charge in [0.2, 0.25) is 0 Å². The zero-order chi connectivity index (χ0) is 14.5. The number of ether oxygens (including phenoxy) is 1. The average Bonchev–Trinajstić information content (AvgIpc) is 2.35. The van der Waals surface area contributed by atoms with Crippen LogP contribution in [0, 0.1) is 10.1 Å². The number of nitro groups is 1. The molecular weight excluding hydrogens is 276 g/mol. The molecule has 0 heterocycles. The molecule has 0 radical (unpaired) electrons. The molecule has 1 aromatic carbocycles. The lowest BCUT2D eigenvalue weighted by atomic mass is 10.2. The first-order valence-electron chi connectivity index (χ1n) is 5.19. The number of methoxy groups -OCH3 is 1. The maximum atomic E-state index is 11.6. The summed E-state index contributed by atoms with van der Waals surface area (Å²) in [4.78, 5) is 10.0. The summed E-state index contributed by atoms with van der Waals surface area (Å²) in [5.74, 6) is 0.170. The van der Waals surface area contributed by atoms with Crippen LogP contribution < -0.4 is 19.9 Å². The van der Waals surface area contributed by atoms with Gasteiger partial charge < -0.3 is 10.5 Å². The molecule has 0 saturated carbocycles. The van der Waals surface area contributed by atoms with E-state index in [0.717, 1.165) is 6.07 Å². The molecular formula is C9H14N4O5S. The second kappa shape index (κ2) is 6.31. The predicted octanol–water partition coefficient (Wildman–Crippen LogP) is -0.192. The summed E-state index contributed by atoms with van der Waals surface area (Å²) in [7, 11) is -2.53. The third-order valence-corrected chi connectivity index (χ3v) is 3.15. The van der Waals surface area contributed by atoms with Gasteiger partial charge in [0.1, 0.15) is 5.75 Å². The first-order valence-corrected chi connectivity index (χ1v) is 6.68. The fourth-order valence-corrected chi connectivity index (χ4v) is 2.17. The van der Waals surface area contributed by atoms with Crippen molar-refractivity contribution in [3.63, 3.8) is 0 Å². The van der Waals surface area contributed by atoms with E-state index in [1.807, 2.05) is 0 Å². The van der Waals surface area contributed by atoms with E-state index in [9.17, 15) is 18.5 Å². The normalized spacial score (nSPS) is 11.1. The Balaban J connectivity index is 3.04. The molecule has 0 aliphatic heterocycles. The first kappa shape index (κ1) is 15.1. The molecule has 0 aliphatic carbocycles. The Morgan fingerprint density at radius 3 is 2.68 bits per heavy atom. The number of nitrogens with zero attached hydrogens (tertiary/aromatic N) is 1. The van der Waals surface area contributed by atoms with E-state index in [1.54, 1.807) is 0 Å². The van der Waals surface area contributed by atoms with Gasteiger partial charge in [-0.25, -0.2) is 0 Å². The Hall–Kier alpha value is -1.91. The van der Waals surface area contributed by atoms with Crippen molar-refractivity contribution in [1.82, 2.24) is 4.72 Å². The Kier molecular flexibility index (Phi) is 5.03. The zero-order valence-electron chi connectivity index (χ0n) is 10.1. The van der Waals surface area contributed by atoms with E-state index < -0.39 is 15.1 Å². The topological polar surface area (TPSA) is 137 Å². The molecule has 1 aromatic rings. The molecule has 19 heavy (non-hydrogen) atoms. The van der Waals surface area contributed by atoms with Gasteiger partial charge in [-0.3, -0.25) is 14.8 Å². The van der Waals surface area contributed by atoms with E-state index in [-0.39, 0.29) is 30.2 Å². The third-order valence-electron chi connectivity index (χ3n) is 2.07. The number of anilines is 1. The second-order valence-electron chi connectivity index (χ2n) is 3.43. The Bertz CT molecular complexity index is 560. The molecule has 0 aliphatic rings. The lowest BCUT2D eigenvalue weighted by Crippen LogP contribution is -2.34. The van der Waals surface area contributed by atoms with Crippen LogP contribution in [0.1, 0.15) is 0 Å². The van der Waals surface area contributed by atoms with Crippen LogP contribution in [0.3, 0.4) is 0 Å². The van der Waals surface area contributed by atoms with Crippen molar-refractivity contribution in [3.05, 3.63) is 28.3 Å². The van der Waals surface area contributed by atoms with Crippen molar-refractivity contribution in [1.29, 1.82) is 0 Å². The number of hydrogen-bond acceptors (Lipinski definition) is 6. The molecule has 0 aromatic heterocycles. The summed E-state index contributed by atoms with van der Waals surface area (Å²) < 4.78 is 32.5. The molecule has 10 heteroatoms. The number of non-ortho nitro benzene ring substituents is 1. The molecule has 0 saturated heterocycles. The molecule has 9 nitrogen and oxygen atoms in total. The van der Waals surface area contributed by atoms with E-state index in [1.165, 1.54) is 19.2 Å². The van der Waals surface area contributed by atoms with Crippen LogP contribution >= 0.6 is 0 Å². The third kappa shape index (κ3) is 4.35. The molecule has 0 spiro atoms. The van der Waals surface area contributed by atoms with Crippen LogP contribution in [-0.4, -0.2) is 33.5 Å². The maximum absolute atomic E-state index is 11.6. The van der Waals surface area contributed by atoms with E-state index in [2.05, 4.69) is 9.44 Å². The highest BCUT2D eigenvalue weighted by atomic mass is 32.2. The van der Waals surface area contributed by atoms with Crippen molar-refractivity contribution < 1.29 is 18.1 Å². The minimum atomic E-state index is -3.85. The summed E-state index contributed by atoms with van der Waals surface area (Å²) >= 11 is 0. The van der Waals surface area contributed by atoms with Crippen LogP contribution in [0.2, 0.25) is 0 Å². The quantitative estimate of drug-likeness (QED) is 0.470. The fraction of sp³-hybridized carbons (Fsp3) is 0.333. The summed E-state index contributed by atoms with van der Waals surface area (Å²) in [6.45, 7) is 0.180. The molecule has 106 valence electrons.